The number of nitrogens with zero attached hydrogens (tertiary/aromatic N) is 3. The Labute approximate surface area is 147 Å². The lowest BCUT2D eigenvalue weighted by molar-refractivity contribution is -0.126. The Balaban J connectivity index is 0.00000208. The van der Waals surface area contributed by atoms with E-state index >= 15 is 0 Å². The minimum atomic E-state index is -4.25. The number of fused-ring (bicyclic) bond motifs is 1. The summed E-state index contributed by atoms with van der Waals surface area (Å²) in [5.74, 6) is 0.575. The first-order chi connectivity index (χ1) is 10.7. The summed E-state index contributed by atoms with van der Waals surface area (Å²) in [4.78, 5) is 10.9. The molecule has 2 aromatic rings. The summed E-state index contributed by atoms with van der Waals surface area (Å²) >= 11 is 1.03. The second-order valence-corrected chi connectivity index (χ2v) is 7.00. The van der Waals surface area contributed by atoms with Crippen LogP contribution < -0.4 is 10.6 Å². The standard InChI is InChI=1S/C14H17F3N4OS.ClH/c1-21(7-2-10(18)11(22)3-7)12-9-4-8(5-14(15,16)17)23-13(9)20-6-19-12;/h4,6-7,10-11,22H,2-3,5,18H2,1H3;1H/t7-,10+,11+;/m0./s1. The maximum atomic E-state index is 12.6. The minimum absolute atomic E-state index is 0. The molecule has 5 nitrogen and oxygen atoms in total. The van der Waals surface area contributed by atoms with Crippen LogP contribution in [0.25, 0.3) is 10.2 Å². The number of aromatic nitrogens is 2. The highest BCUT2D eigenvalue weighted by atomic mass is 35.5. The van der Waals surface area contributed by atoms with Crippen LogP contribution in [0.5, 0.6) is 0 Å². The summed E-state index contributed by atoms with van der Waals surface area (Å²) in [5, 5.41) is 10.4. The van der Waals surface area contributed by atoms with Gasteiger partial charge in [-0.05, 0) is 18.9 Å². The molecule has 10 heteroatoms. The van der Waals surface area contributed by atoms with E-state index in [1.165, 1.54) is 12.4 Å². The van der Waals surface area contributed by atoms with Gasteiger partial charge in [0.25, 0.3) is 0 Å². The van der Waals surface area contributed by atoms with Crippen molar-refractivity contribution in [2.45, 2.75) is 43.6 Å². The molecule has 1 aliphatic rings. The van der Waals surface area contributed by atoms with E-state index in [9.17, 15) is 18.3 Å². The van der Waals surface area contributed by atoms with Gasteiger partial charge in [0.15, 0.2) is 0 Å². The number of alkyl halides is 3. The Bertz CT molecular complexity index is 701. The van der Waals surface area contributed by atoms with Crippen molar-refractivity contribution in [2.75, 3.05) is 11.9 Å². The molecule has 1 fully saturated rings. The van der Waals surface area contributed by atoms with Crippen LogP contribution in [0.15, 0.2) is 12.4 Å². The van der Waals surface area contributed by atoms with Gasteiger partial charge in [-0.2, -0.15) is 13.2 Å². The van der Waals surface area contributed by atoms with Crippen LogP contribution in [0.4, 0.5) is 19.0 Å². The van der Waals surface area contributed by atoms with Crippen molar-refractivity contribution in [1.29, 1.82) is 0 Å². The highest BCUT2D eigenvalue weighted by molar-refractivity contribution is 7.18. The summed E-state index contributed by atoms with van der Waals surface area (Å²) < 4.78 is 37.7. The predicted molar refractivity (Wildman–Crippen MR) is 89.8 cm³/mol. The van der Waals surface area contributed by atoms with Gasteiger partial charge in [-0.3, -0.25) is 0 Å². The van der Waals surface area contributed by atoms with Gasteiger partial charge in [-0.1, -0.05) is 0 Å². The summed E-state index contributed by atoms with van der Waals surface area (Å²) in [7, 11) is 1.82. The molecule has 0 radical (unpaired) electrons. The largest absolute Gasteiger partial charge is 0.393 e. The zero-order chi connectivity index (χ0) is 16.8. The van der Waals surface area contributed by atoms with Crippen molar-refractivity contribution in [3.8, 4) is 0 Å². The Hall–Kier alpha value is -1.16. The number of hydrogen-bond donors (Lipinski definition) is 2. The third-order valence-corrected chi connectivity index (χ3v) is 5.21. The van der Waals surface area contributed by atoms with E-state index in [1.54, 1.807) is 0 Å². The second kappa shape index (κ2) is 6.99. The topological polar surface area (TPSA) is 75.3 Å². The molecule has 24 heavy (non-hydrogen) atoms. The number of halogens is 4. The van der Waals surface area contributed by atoms with E-state index in [0.717, 1.165) is 11.3 Å². The van der Waals surface area contributed by atoms with Gasteiger partial charge < -0.3 is 15.7 Å². The monoisotopic (exact) mass is 382 g/mol. The lowest BCUT2D eigenvalue weighted by Crippen LogP contribution is -2.31. The third-order valence-electron chi connectivity index (χ3n) is 4.17. The zero-order valence-corrected chi connectivity index (χ0v) is 14.5. The van der Waals surface area contributed by atoms with E-state index < -0.39 is 18.7 Å². The Morgan fingerprint density at radius 3 is 2.67 bits per heavy atom. The summed E-state index contributed by atoms with van der Waals surface area (Å²) in [6.07, 6.45) is -3.30. The van der Waals surface area contributed by atoms with Gasteiger partial charge in [0.1, 0.15) is 17.0 Å². The van der Waals surface area contributed by atoms with E-state index in [-0.39, 0.29) is 29.4 Å². The molecule has 2 aromatic heterocycles. The van der Waals surface area contributed by atoms with Crippen molar-refractivity contribution in [1.82, 2.24) is 9.97 Å². The molecule has 3 atom stereocenters. The van der Waals surface area contributed by atoms with Crippen LogP contribution in [0, 0.1) is 0 Å². The predicted octanol–water partition coefficient (Wildman–Crippen LogP) is 2.50. The van der Waals surface area contributed by atoms with Gasteiger partial charge in [0, 0.05) is 24.0 Å². The molecule has 0 unspecified atom stereocenters. The molecule has 3 rings (SSSR count). The fraction of sp³-hybridized carbons (Fsp3) is 0.571. The Kier molecular flexibility index (Phi) is 5.58. The van der Waals surface area contributed by atoms with Crippen LogP contribution in [0.1, 0.15) is 17.7 Å². The van der Waals surface area contributed by atoms with Crippen LogP contribution in [-0.4, -0.2) is 46.5 Å². The molecule has 0 aliphatic heterocycles. The smallest absolute Gasteiger partial charge is 0.391 e. The normalized spacial score (nSPS) is 24.2. The second-order valence-electron chi connectivity index (χ2n) is 5.89. The van der Waals surface area contributed by atoms with E-state index in [1.807, 2.05) is 11.9 Å². The van der Waals surface area contributed by atoms with E-state index in [2.05, 4.69) is 9.97 Å². The first-order valence-corrected chi connectivity index (χ1v) is 8.03. The molecule has 0 aromatic carbocycles. The molecule has 0 spiro atoms. The van der Waals surface area contributed by atoms with E-state index in [4.69, 9.17) is 5.73 Å². The van der Waals surface area contributed by atoms with Crippen molar-refractivity contribution in [2.24, 2.45) is 5.73 Å². The Morgan fingerprint density at radius 1 is 1.38 bits per heavy atom. The summed E-state index contributed by atoms with van der Waals surface area (Å²) in [6, 6.07) is 1.22. The van der Waals surface area contributed by atoms with Crippen molar-refractivity contribution >= 4 is 39.8 Å². The van der Waals surface area contributed by atoms with Crippen LogP contribution >= 0.6 is 23.7 Å². The van der Waals surface area contributed by atoms with Gasteiger partial charge >= 0.3 is 6.18 Å². The number of hydrogen-bond acceptors (Lipinski definition) is 6. The number of thiophene rings is 1. The quantitative estimate of drug-likeness (QED) is 0.853. The fourth-order valence-corrected chi connectivity index (χ4v) is 3.99. The molecule has 2 heterocycles. The molecular formula is C14H18ClF3N4OS. The first-order valence-electron chi connectivity index (χ1n) is 7.21. The zero-order valence-electron chi connectivity index (χ0n) is 12.8. The molecule has 134 valence electrons. The molecule has 0 bridgehead atoms. The van der Waals surface area contributed by atoms with Crippen molar-refractivity contribution in [3.05, 3.63) is 17.3 Å². The number of nitrogens with two attached hydrogens (primary N) is 1. The molecule has 1 saturated carbocycles. The van der Waals surface area contributed by atoms with Gasteiger partial charge in [0.05, 0.1) is 17.9 Å². The Morgan fingerprint density at radius 2 is 2.08 bits per heavy atom. The first kappa shape index (κ1) is 19.2. The van der Waals surface area contributed by atoms with Gasteiger partial charge in [-0.15, -0.1) is 23.7 Å². The summed E-state index contributed by atoms with van der Waals surface area (Å²) in [6.45, 7) is 0. The maximum absolute atomic E-state index is 12.6. The highest BCUT2D eigenvalue weighted by Gasteiger charge is 2.34. The lowest BCUT2D eigenvalue weighted by Gasteiger charge is -2.25. The molecule has 0 amide bonds. The van der Waals surface area contributed by atoms with Crippen molar-refractivity contribution < 1.29 is 18.3 Å². The maximum Gasteiger partial charge on any atom is 0.393 e. The molecular weight excluding hydrogens is 365 g/mol. The third kappa shape index (κ3) is 3.90. The number of aliphatic hydroxyl groups excluding tert-OH is 1. The average Bonchev–Trinajstić information content (AvgIpc) is 2.99. The average molecular weight is 383 g/mol. The minimum Gasteiger partial charge on any atom is -0.391 e. The van der Waals surface area contributed by atoms with Crippen LogP contribution in [0.3, 0.4) is 0 Å². The van der Waals surface area contributed by atoms with Crippen molar-refractivity contribution in [3.63, 3.8) is 0 Å². The molecule has 0 saturated heterocycles. The molecule has 3 N–H and O–H groups in total. The fourth-order valence-electron chi connectivity index (χ4n) is 2.97. The van der Waals surface area contributed by atoms with Crippen LogP contribution in [0.2, 0.25) is 0 Å². The number of anilines is 1. The van der Waals surface area contributed by atoms with E-state index in [0.29, 0.717) is 28.9 Å². The highest BCUT2D eigenvalue weighted by Crippen LogP contribution is 2.35. The lowest BCUT2D eigenvalue weighted by atomic mass is 10.2. The molecule has 1 aliphatic carbocycles. The number of rotatable bonds is 3. The van der Waals surface area contributed by atoms with Gasteiger partial charge in [0.2, 0.25) is 0 Å². The number of aliphatic hydroxyl groups is 1. The van der Waals surface area contributed by atoms with Crippen LogP contribution in [-0.2, 0) is 6.42 Å². The SMILES string of the molecule is CN(c1ncnc2sc(CC(F)(F)F)cc12)[C@H]1C[C@@H](N)[C@H](O)C1.Cl. The summed E-state index contributed by atoms with van der Waals surface area (Å²) in [5.41, 5.74) is 5.84. The van der Waals surface area contributed by atoms with Gasteiger partial charge in [-0.25, -0.2) is 9.97 Å².